The van der Waals surface area contributed by atoms with Crippen LogP contribution in [0.1, 0.15) is 24.1 Å². The number of likely N-dealkylation sites (tertiary alicyclic amines) is 1. The van der Waals surface area contributed by atoms with Crippen LogP contribution < -0.4 is 0 Å². The first kappa shape index (κ1) is 13.7. The third kappa shape index (κ3) is 2.77. The first-order valence-electron chi connectivity index (χ1n) is 7.12. The van der Waals surface area contributed by atoms with Crippen molar-refractivity contribution in [2.45, 2.75) is 18.5 Å². The van der Waals surface area contributed by atoms with Crippen LogP contribution in [0, 0.1) is 0 Å². The molecule has 4 nitrogen and oxygen atoms in total. The van der Waals surface area contributed by atoms with E-state index in [4.69, 9.17) is 5.53 Å². The number of hydrogen-bond donors (Lipinski definition) is 0. The van der Waals surface area contributed by atoms with E-state index in [9.17, 15) is 0 Å². The quantitative estimate of drug-likeness (QED) is 0.470. The van der Waals surface area contributed by atoms with Gasteiger partial charge in [0.05, 0.1) is 11.6 Å². The summed E-state index contributed by atoms with van der Waals surface area (Å²) in [5.74, 6) is 0. The van der Waals surface area contributed by atoms with Crippen molar-refractivity contribution in [3.63, 3.8) is 0 Å². The smallest absolute Gasteiger partial charge is 0.0714 e. The standard InChI is InChI=1S/C17H18N4/c1-17(19-20-18)12-21(13-17)16(14-8-4-2-5-9-14)15-10-6-3-7-11-15/h2-11,16H,12-13H2,1H3. The first-order valence-corrected chi connectivity index (χ1v) is 7.12. The summed E-state index contributed by atoms with van der Waals surface area (Å²) in [5, 5.41) is 3.92. The molecule has 0 atom stereocenters. The molecule has 0 aliphatic carbocycles. The molecule has 0 spiro atoms. The van der Waals surface area contributed by atoms with E-state index in [1.54, 1.807) is 0 Å². The van der Waals surface area contributed by atoms with Crippen molar-refractivity contribution in [1.82, 2.24) is 4.90 Å². The Kier molecular flexibility index (Phi) is 3.65. The van der Waals surface area contributed by atoms with Gasteiger partial charge in [-0.3, -0.25) is 4.90 Å². The fraction of sp³-hybridized carbons (Fsp3) is 0.294. The molecule has 0 radical (unpaired) electrons. The van der Waals surface area contributed by atoms with Crippen molar-refractivity contribution in [2.75, 3.05) is 13.1 Å². The fourth-order valence-corrected chi connectivity index (χ4v) is 3.07. The van der Waals surface area contributed by atoms with Gasteiger partial charge >= 0.3 is 0 Å². The summed E-state index contributed by atoms with van der Waals surface area (Å²) < 4.78 is 0. The second kappa shape index (κ2) is 5.60. The normalized spacial score (nSPS) is 17.0. The molecule has 2 aromatic rings. The highest BCUT2D eigenvalue weighted by atomic mass is 15.3. The van der Waals surface area contributed by atoms with E-state index in [-0.39, 0.29) is 11.6 Å². The van der Waals surface area contributed by atoms with E-state index in [1.807, 2.05) is 19.1 Å². The number of hydrogen-bond acceptors (Lipinski definition) is 2. The summed E-state index contributed by atoms with van der Waals surface area (Å²) in [5.41, 5.74) is 10.9. The van der Waals surface area contributed by atoms with Crippen LogP contribution in [0.4, 0.5) is 0 Å². The molecule has 21 heavy (non-hydrogen) atoms. The summed E-state index contributed by atoms with van der Waals surface area (Å²) in [6.07, 6.45) is 0. The molecular weight excluding hydrogens is 260 g/mol. The van der Waals surface area contributed by atoms with Gasteiger partial charge in [0.1, 0.15) is 0 Å². The number of azide groups is 1. The lowest BCUT2D eigenvalue weighted by Gasteiger charge is -2.49. The minimum Gasteiger partial charge on any atom is -0.291 e. The minimum atomic E-state index is -0.281. The van der Waals surface area contributed by atoms with Crippen molar-refractivity contribution < 1.29 is 0 Å². The van der Waals surface area contributed by atoms with Crippen LogP contribution in [0.25, 0.3) is 10.4 Å². The van der Waals surface area contributed by atoms with E-state index in [1.165, 1.54) is 11.1 Å². The summed E-state index contributed by atoms with van der Waals surface area (Å²) in [6, 6.07) is 21.2. The lowest BCUT2D eigenvalue weighted by molar-refractivity contribution is 0.0546. The maximum absolute atomic E-state index is 8.67. The highest BCUT2D eigenvalue weighted by Crippen LogP contribution is 2.37. The lowest BCUT2D eigenvalue weighted by atomic mass is 9.87. The Morgan fingerprint density at radius 2 is 1.48 bits per heavy atom. The third-order valence-corrected chi connectivity index (χ3v) is 3.97. The molecule has 2 aromatic carbocycles. The topological polar surface area (TPSA) is 52.0 Å². The molecule has 0 aromatic heterocycles. The summed E-state index contributed by atoms with van der Waals surface area (Å²) >= 11 is 0. The van der Waals surface area contributed by atoms with Gasteiger partial charge in [-0.05, 0) is 16.7 Å². The molecule has 1 aliphatic rings. The van der Waals surface area contributed by atoms with Crippen LogP contribution in [0.2, 0.25) is 0 Å². The van der Waals surface area contributed by atoms with Gasteiger partial charge in [-0.15, -0.1) is 0 Å². The van der Waals surface area contributed by atoms with Crippen molar-refractivity contribution in [3.8, 4) is 0 Å². The predicted octanol–water partition coefficient (Wildman–Crippen LogP) is 4.16. The Balaban J connectivity index is 1.90. The average molecular weight is 278 g/mol. The van der Waals surface area contributed by atoms with Crippen molar-refractivity contribution in [3.05, 3.63) is 82.2 Å². The fourth-order valence-electron chi connectivity index (χ4n) is 3.07. The second-order valence-corrected chi connectivity index (χ2v) is 5.82. The molecule has 1 aliphatic heterocycles. The Hall–Kier alpha value is -2.29. The maximum Gasteiger partial charge on any atom is 0.0714 e. The Morgan fingerprint density at radius 3 is 1.90 bits per heavy atom. The monoisotopic (exact) mass is 278 g/mol. The van der Waals surface area contributed by atoms with Gasteiger partial charge < -0.3 is 0 Å². The molecule has 4 heteroatoms. The molecule has 1 heterocycles. The molecule has 0 bridgehead atoms. The van der Waals surface area contributed by atoms with E-state index in [0.29, 0.717) is 0 Å². The van der Waals surface area contributed by atoms with Gasteiger partial charge in [-0.2, -0.15) is 0 Å². The van der Waals surface area contributed by atoms with Gasteiger partial charge in [0, 0.05) is 18.0 Å². The zero-order chi connectivity index (χ0) is 14.7. The molecule has 0 unspecified atom stereocenters. The van der Waals surface area contributed by atoms with Gasteiger partial charge in [0.2, 0.25) is 0 Å². The van der Waals surface area contributed by atoms with E-state index < -0.39 is 0 Å². The van der Waals surface area contributed by atoms with Gasteiger partial charge in [0.25, 0.3) is 0 Å². The van der Waals surface area contributed by atoms with Gasteiger partial charge in [0.15, 0.2) is 0 Å². The highest BCUT2D eigenvalue weighted by molar-refractivity contribution is 5.33. The van der Waals surface area contributed by atoms with Crippen molar-refractivity contribution >= 4 is 0 Å². The lowest BCUT2D eigenvalue weighted by Crippen LogP contribution is -2.59. The first-order chi connectivity index (χ1) is 10.2. The van der Waals surface area contributed by atoms with Crippen LogP contribution in [-0.4, -0.2) is 23.5 Å². The molecular formula is C17H18N4. The summed E-state index contributed by atoms with van der Waals surface area (Å²) in [7, 11) is 0. The zero-order valence-electron chi connectivity index (χ0n) is 12.1. The third-order valence-electron chi connectivity index (χ3n) is 3.97. The van der Waals surface area contributed by atoms with Gasteiger partial charge in [-0.1, -0.05) is 72.7 Å². The Bertz CT molecular complexity index is 602. The largest absolute Gasteiger partial charge is 0.291 e. The maximum atomic E-state index is 8.67. The molecule has 1 fully saturated rings. The molecule has 106 valence electrons. The van der Waals surface area contributed by atoms with E-state index in [2.05, 4.69) is 63.5 Å². The minimum absolute atomic E-state index is 0.217. The summed E-state index contributed by atoms with van der Waals surface area (Å²) in [6.45, 7) is 3.58. The molecule has 0 saturated carbocycles. The van der Waals surface area contributed by atoms with E-state index in [0.717, 1.165) is 13.1 Å². The predicted molar refractivity (Wildman–Crippen MR) is 83.9 cm³/mol. The molecule has 3 rings (SSSR count). The number of benzene rings is 2. The SMILES string of the molecule is CC1(N=[N+]=[N-])CN(C(c2ccccc2)c2ccccc2)C1. The van der Waals surface area contributed by atoms with Crippen LogP contribution in [0.15, 0.2) is 65.8 Å². The van der Waals surface area contributed by atoms with Crippen LogP contribution in [0.5, 0.6) is 0 Å². The Morgan fingerprint density at radius 1 is 1.00 bits per heavy atom. The molecule has 0 amide bonds. The van der Waals surface area contributed by atoms with E-state index >= 15 is 0 Å². The second-order valence-electron chi connectivity index (χ2n) is 5.82. The van der Waals surface area contributed by atoms with Crippen LogP contribution >= 0.6 is 0 Å². The molecule has 1 saturated heterocycles. The van der Waals surface area contributed by atoms with Crippen LogP contribution in [-0.2, 0) is 0 Å². The van der Waals surface area contributed by atoms with Crippen molar-refractivity contribution in [1.29, 1.82) is 0 Å². The number of rotatable bonds is 4. The summed E-state index contributed by atoms with van der Waals surface area (Å²) in [4.78, 5) is 5.33. The highest BCUT2D eigenvalue weighted by Gasteiger charge is 2.42. The average Bonchev–Trinajstić information content (AvgIpc) is 2.48. The van der Waals surface area contributed by atoms with Crippen molar-refractivity contribution in [2.24, 2.45) is 5.11 Å². The number of nitrogens with zero attached hydrogens (tertiary/aromatic N) is 4. The zero-order valence-corrected chi connectivity index (χ0v) is 12.1. The Labute approximate surface area is 124 Å². The molecule has 0 N–H and O–H groups in total. The van der Waals surface area contributed by atoms with Crippen LogP contribution in [0.3, 0.4) is 0 Å². The van der Waals surface area contributed by atoms with Gasteiger partial charge in [-0.25, -0.2) is 0 Å².